The van der Waals surface area contributed by atoms with Gasteiger partial charge in [-0.3, -0.25) is 9.52 Å². The molecular weight excluding hydrogens is 376 g/mol. The number of aliphatic hydroxyl groups is 1. The van der Waals surface area contributed by atoms with Crippen LogP contribution in [0.3, 0.4) is 0 Å². The molecule has 3 rings (SSSR count). The highest BCUT2D eigenvalue weighted by Crippen LogP contribution is 2.20. The van der Waals surface area contributed by atoms with E-state index in [-0.39, 0.29) is 23.3 Å². The zero-order valence-electron chi connectivity index (χ0n) is 16.2. The van der Waals surface area contributed by atoms with Crippen molar-refractivity contribution in [2.45, 2.75) is 44.1 Å². The molecule has 1 aliphatic rings. The average molecular weight is 403 g/mol. The molecular formula is C21H26N2O4S. The number of benzene rings is 2. The van der Waals surface area contributed by atoms with Crippen LogP contribution in [0.25, 0.3) is 0 Å². The summed E-state index contributed by atoms with van der Waals surface area (Å²) >= 11 is 0. The number of piperidine rings is 1. The van der Waals surface area contributed by atoms with Gasteiger partial charge >= 0.3 is 0 Å². The third-order valence-corrected chi connectivity index (χ3v) is 6.55. The minimum Gasteiger partial charge on any atom is -0.393 e. The zero-order chi connectivity index (χ0) is 20.3. The third kappa shape index (κ3) is 4.91. The highest BCUT2D eigenvalue weighted by atomic mass is 32.2. The molecule has 2 aromatic rings. The number of amides is 1. The van der Waals surface area contributed by atoms with E-state index in [4.69, 9.17) is 0 Å². The van der Waals surface area contributed by atoms with Crippen molar-refractivity contribution in [3.8, 4) is 0 Å². The Morgan fingerprint density at radius 2 is 1.71 bits per heavy atom. The summed E-state index contributed by atoms with van der Waals surface area (Å²) in [6, 6.07) is 11.9. The predicted octanol–water partition coefficient (Wildman–Crippen LogP) is 2.63. The van der Waals surface area contributed by atoms with Crippen LogP contribution >= 0.6 is 0 Å². The summed E-state index contributed by atoms with van der Waals surface area (Å²) in [6.45, 7) is 4.97. The molecule has 1 saturated heterocycles. The van der Waals surface area contributed by atoms with Crippen LogP contribution in [0.2, 0.25) is 0 Å². The number of hydrogen-bond donors (Lipinski definition) is 2. The number of rotatable bonds is 5. The molecule has 7 heteroatoms. The second kappa shape index (κ2) is 8.32. The van der Waals surface area contributed by atoms with E-state index in [2.05, 4.69) is 4.72 Å². The average Bonchev–Trinajstić information content (AvgIpc) is 2.65. The second-order valence-corrected chi connectivity index (χ2v) is 9.02. The first-order chi connectivity index (χ1) is 13.2. The van der Waals surface area contributed by atoms with E-state index in [0.717, 1.165) is 16.7 Å². The van der Waals surface area contributed by atoms with Gasteiger partial charge in [-0.25, -0.2) is 8.42 Å². The highest BCUT2D eigenvalue weighted by Gasteiger charge is 2.21. The van der Waals surface area contributed by atoms with E-state index in [1.807, 2.05) is 13.8 Å². The molecule has 2 aromatic carbocycles. The number of carbonyl (C=O) groups excluding carboxylic acids is 1. The molecule has 1 fully saturated rings. The quantitative estimate of drug-likeness (QED) is 0.805. The topological polar surface area (TPSA) is 86.7 Å². The fraction of sp³-hybridized carbons (Fsp3) is 0.381. The van der Waals surface area contributed by atoms with Crippen molar-refractivity contribution in [1.82, 2.24) is 4.90 Å². The molecule has 28 heavy (non-hydrogen) atoms. The number of nitrogens with zero attached hydrogens (tertiary/aromatic N) is 1. The lowest BCUT2D eigenvalue weighted by molar-refractivity contribution is -0.132. The first-order valence-electron chi connectivity index (χ1n) is 9.39. The fourth-order valence-corrected chi connectivity index (χ4v) is 4.33. The number of aliphatic hydroxyl groups excluding tert-OH is 1. The third-order valence-electron chi connectivity index (χ3n) is 5.17. The van der Waals surface area contributed by atoms with Crippen LogP contribution in [0.15, 0.2) is 47.4 Å². The van der Waals surface area contributed by atoms with Crippen molar-refractivity contribution >= 4 is 21.6 Å². The number of likely N-dealkylation sites (tertiary alicyclic amines) is 1. The number of nitrogens with one attached hydrogen (secondary N) is 1. The van der Waals surface area contributed by atoms with Gasteiger partial charge in [0.1, 0.15) is 0 Å². The maximum absolute atomic E-state index is 12.6. The molecule has 1 heterocycles. The summed E-state index contributed by atoms with van der Waals surface area (Å²) in [5, 5.41) is 9.54. The maximum Gasteiger partial charge on any atom is 0.261 e. The Kier molecular flexibility index (Phi) is 6.05. The van der Waals surface area contributed by atoms with Crippen LogP contribution in [0, 0.1) is 13.8 Å². The molecule has 6 nitrogen and oxygen atoms in total. The SMILES string of the molecule is Cc1ccc(S(=O)(=O)Nc2ccc(CC(=O)N3CCC(O)CC3)cc2)cc1C. The van der Waals surface area contributed by atoms with E-state index in [1.54, 1.807) is 47.4 Å². The number of carbonyl (C=O) groups is 1. The molecule has 0 saturated carbocycles. The van der Waals surface area contributed by atoms with Gasteiger partial charge in [-0.1, -0.05) is 18.2 Å². The lowest BCUT2D eigenvalue weighted by Gasteiger charge is -2.29. The number of aryl methyl sites for hydroxylation is 2. The molecule has 1 amide bonds. The zero-order valence-corrected chi connectivity index (χ0v) is 17.0. The van der Waals surface area contributed by atoms with Crippen LogP contribution in [-0.2, 0) is 21.2 Å². The Morgan fingerprint density at radius 3 is 2.32 bits per heavy atom. The molecule has 0 bridgehead atoms. The Morgan fingerprint density at radius 1 is 1.07 bits per heavy atom. The highest BCUT2D eigenvalue weighted by molar-refractivity contribution is 7.92. The predicted molar refractivity (Wildman–Crippen MR) is 109 cm³/mol. The largest absolute Gasteiger partial charge is 0.393 e. The van der Waals surface area contributed by atoms with Gasteiger partial charge in [-0.2, -0.15) is 0 Å². The monoisotopic (exact) mass is 402 g/mol. The minimum absolute atomic E-state index is 0.0235. The first kappa shape index (κ1) is 20.4. The van der Waals surface area contributed by atoms with E-state index in [0.29, 0.717) is 31.6 Å². The summed E-state index contributed by atoms with van der Waals surface area (Å²) < 4.78 is 27.7. The molecule has 0 radical (unpaired) electrons. The summed E-state index contributed by atoms with van der Waals surface area (Å²) in [4.78, 5) is 14.4. The van der Waals surface area contributed by atoms with Gasteiger partial charge in [0, 0.05) is 18.8 Å². The van der Waals surface area contributed by atoms with Crippen LogP contribution in [-0.4, -0.2) is 43.5 Å². The summed E-state index contributed by atoms with van der Waals surface area (Å²) in [6.07, 6.45) is 1.18. The van der Waals surface area contributed by atoms with Gasteiger partial charge in [0.25, 0.3) is 10.0 Å². The normalized spacial score (nSPS) is 15.5. The molecule has 0 unspecified atom stereocenters. The summed E-state index contributed by atoms with van der Waals surface area (Å²) in [5.41, 5.74) is 3.24. The summed E-state index contributed by atoms with van der Waals surface area (Å²) in [7, 11) is -3.66. The van der Waals surface area contributed by atoms with Crippen molar-refractivity contribution in [3.05, 3.63) is 59.2 Å². The number of sulfonamides is 1. The minimum atomic E-state index is -3.66. The van der Waals surface area contributed by atoms with Crippen molar-refractivity contribution in [2.24, 2.45) is 0 Å². The second-order valence-electron chi connectivity index (χ2n) is 7.34. The van der Waals surface area contributed by atoms with Gasteiger partial charge in [0.05, 0.1) is 17.4 Å². The van der Waals surface area contributed by atoms with E-state index in [1.165, 1.54) is 0 Å². The molecule has 1 aliphatic heterocycles. The van der Waals surface area contributed by atoms with Crippen molar-refractivity contribution in [1.29, 1.82) is 0 Å². The Bertz CT molecular complexity index is 947. The van der Waals surface area contributed by atoms with Crippen LogP contribution in [0.4, 0.5) is 5.69 Å². The molecule has 0 aromatic heterocycles. The molecule has 2 N–H and O–H groups in total. The van der Waals surface area contributed by atoms with Crippen molar-refractivity contribution in [3.63, 3.8) is 0 Å². The standard InChI is InChI=1S/C21H26N2O4S/c1-15-3-8-20(13-16(15)2)28(26,27)22-18-6-4-17(5-7-18)14-21(25)23-11-9-19(24)10-12-23/h3-8,13,19,22,24H,9-12,14H2,1-2H3. The van der Waals surface area contributed by atoms with Gasteiger partial charge in [-0.05, 0) is 67.6 Å². The van der Waals surface area contributed by atoms with Crippen LogP contribution in [0.5, 0.6) is 0 Å². The van der Waals surface area contributed by atoms with Crippen molar-refractivity contribution < 1.29 is 18.3 Å². The molecule has 0 spiro atoms. The van der Waals surface area contributed by atoms with E-state index >= 15 is 0 Å². The van der Waals surface area contributed by atoms with Gasteiger partial charge in [0.15, 0.2) is 0 Å². The maximum atomic E-state index is 12.6. The fourth-order valence-electron chi connectivity index (χ4n) is 3.19. The van der Waals surface area contributed by atoms with Gasteiger partial charge in [0.2, 0.25) is 5.91 Å². The lowest BCUT2D eigenvalue weighted by atomic mass is 10.1. The van der Waals surface area contributed by atoms with Gasteiger partial charge in [-0.15, -0.1) is 0 Å². The molecule has 0 atom stereocenters. The summed E-state index contributed by atoms with van der Waals surface area (Å²) in [5.74, 6) is 0.0235. The Hall–Kier alpha value is -2.38. The first-order valence-corrected chi connectivity index (χ1v) is 10.9. The molecule has 0 aliphatic carbocycles. The number of hydrogen-bond acceptors (Lipinski definition) is 4. The van der Waals surface area contributed by atoms with Crippen molar-refractivity contribution in [2.75, 3.05) is 17.8 Å². The van der Waals surface area contributed by atoms with E-state index < -0.39 is 10.0 Å². The Labute approximate surface area is 166 Å². The Balaban J connectivity index is 1.64. The lowest BCUT2D eigenvalue weighted by Crippen LogP contribution is -2.40. The smallest absolute Gasteiger partial charge is 0.261 e. The van der Waals surface area contributed by atoms with E-state index in [9.17, 15) is 18.3 Å². The van der Waals surface area contributed by atoms with Gasteiger partial charge < -0.3 is 10.0 Å². The number of anilines is 1. The van der Waals surface area contributed by atoms with Crippen LogP contribution < -0.4 is 4.72 Å². The molecule has 150 valence electrons. The van der Waals surface area contributed by atoms with Crippen LogP contribution in [0.1, 0.15) is 29.5 Å².